The summed E-state index contributed by atoms with van der Waals surface area (Å²) in [6.45, 7) is 0. The van der Waals surface area contributed by atoms with Crippen LogP contribution in [0.25, 0.3) is 6.08 Å². The van der Waals surface area contributed by atoms with Crippen molar-refractivity contribution in [3.8, 4) is 0 Å². The van der Waals surface area contributed by atoms with E-state index in [1.54, 1.807) is 48.5 Å². The lowest BCUT2D eigenvalue weighted by Crippen LogP contribution is -2.14. The Morgan fingerprint density at radius 3 is 2.57 bits per heavy atom. The Balaban J connectivity index is 1.73. The van der Waals surface area contributed by atoms with Crippen molar-refractivity contribution >= 4 is 40.8 Å². The predicted octanol–water partition coefficient (Wildman–Crippen LogP) is 5.17. The first-order chi connectivity index (χ1) is 13.5. The van der Waals surface area contributed by atoms with Crippen LogP contribution in [-0.2, 0) is 4.79 Å². The van der Waals surface area contributed by atoms with Gasteiger partial charge in [0.1, 0.15) is 17.3 Å². The van der Waals surface area contributed by atoms with E-state index in [0.29, 0.717) is 16.3 Å². The highest BCUT2D eigenvalue weighted by Crippen LogP contribution is 2.19. The summed E-state index contributed by atoms with van der Waals surface area (Å²) in [7, 11) is 0. The van der Waals surface area contributed by atoms with E-state index in [4.69, 9.17) is 17.3 Å². The Kier molecular flexibility index (Phi) is 6.19. The van der Waals surface area contributed by atoms with Crippen molar-refractivity contribution in [3.63, 3.8) is 0 Å². The highest BCUT2D eigenvalue weighted by molar-refractivity contribution is 6.32. The van der Waals surface area contributed by atoms with Gasteiger partial charge in [0, 0.05) is 22.3 Å². The van der Waals surface area contributed by atoms with Crippen LogP contribution in [0.2, 0.25) is 5.02 Å². The smallest absolute Gasteiger partial charge is 0.248 e. The second kappa shape index (κ2) is 8.97. The molecule has 0 saturated heterocycles. The molecule has 0 unspecified atom stereocenters. The molecule has 0 fully saturated rings. The Morgan fingerprint density at radius 2 is 1.79 bits per heavy atom. The molecule has 0 heterocycles. The van der Waals surface area contributed by atoms with E-state index >= 15 is 0 Å². The van der Waals surface area contributed by atoms with Gasteiger partial charge in [0.25, 0.3) is 0 Å². The Hall–Kier alpha value is -3.44. The third-order valence-electron chi connectivity index (χ3n) is 3.84. The minimum atomic E-state index is -0.459. The van der Waals surface area contributed by atoms with E-state index in [2.05, 4.69) is 10.3 Å². The zero-order valence-electron chi connectivity index (χ0n) is 14.8. The van der Waals surface area contributed by atoms with Crippen molar-refractivity contribution in [2.45, 2.75) is 0 Å². The summed E-state index contributed by atoms with van der Waals surface area (Å²) < 4.78 is 13.7. The summed E-state index contributed by atoms with van der Waals surface area (Å²) in [4.78, 5) is 16.3. The Bertz CT molecular complexity index is 1060. The number of nitrogens with zero attached hydrogens (tertiary/aromatic N) is 1. The third kappa shape index (κ3) is 5.05. The van der Waals surface area contributed by atoms with Crippen LogP contribution >= 0.6 is 11.6 Å². The fourth-order valence-corrected chi connectivity index (χ4v) is 2.65. The van der Waals surface area contributed by atoms with Crippen molar-refractivity contribution in [2.75, 3.05) is 5.32 Å². The van der Waals surface area contributed by atoms with Crippen LogP contribution in [0.4, 0.5) is 15.8 Å². The van der Waals surface area contributed by atoms with Crippen LogP contribution in [0.1, 0.15) is 11.1 Å². The molecule has 3 rings (SSSR count). The molecule has 0 radical (unpaired) electrons. The van der Waals surface area contributed by atoms with E-state index in [9.17, 15) is 9.18 Å². The average Bonchev–Trinajstić information content (AvgIpc) is 2.69. The van der Waals surface area contributed by atoms with Gasteiger partial charge in [-0.3, -0.25) is 4.79 Å². The van der Waals surface area contributed by atoms with Crippen molar-refractivity contribution in [2.24, 2.45) is 10.7 Å². The first-order valence-electron chi connectivity index (χ1n) is 8.45. The summed E-state index contributed by atoms with van der Waals surface area (Å²) in [5.74, 6) is -0.630. The molecule has 0 aliphatic carbocycles. The van der Waals surface area contributed by atoms with Gasteiger partial charge in [-0.1, -0.05) is 54.1 Å². The molecule has 4 nitrogen and oxygen atoms in total. The molecule has 6 heteroatoms. The molecule has 3 aromatic carbocycles. The molecule has 0 bridgehead atoms. The van der Waals surface area contributed by atoms with Crippen LogP contribution in [0.3, 0.4) is 0 Å². The number of carbonyl (C=O) groups excluding carboxylic acids is 1. The summed E-state index contributed by atoms with van der Waals surface area (Å²) >= 11 is 6.06. The minimum absolute atomic E-state index is 0.146. The number of rotatable bonds is 5. The van der Waals surface area contributed by atoms with Crippen LogP contribution in [0.5, 0.6) is 0 Å². The highest BCUT2D eigenvalue weighted by atomic mass is 35.5. The molecular weight excluding hydrogens is 377 g/mol. The molecule has 140 valence electrons. The van der Waals surface area contributed by atoms with Gasteiger partial charge in [-0.05, 0) is 42.0 Å². The first-order valence-corrected chi connectivity index (χ1v) is 8.83. The average molecular weight is 394 g/mol. The number of para-hydroxylation sites is 1. The van der Waals surface area contributed by atoms with Crippen LogP contribution in [0, 0.1) is 5.82 Å². The maximum absolute atomic E-state index is 13.7. The van der Waals surface area contributed by atoms with Crippen LogP contribution in [0.15, 0.2) is 83.9 Å². The molecular formula is C22H17ClFN3O. The van der Waals surface area contributed by atoms with Crippen molar-refractivity contribution in [1.82, 2.24) is 0 Å². The number of anilines is 1. The van der Waals surface area contributed by atoms with E-state index in [1.165, 1.54) is 18.2 Å². The Labute approximate surface area is 167 Å². The molecule has 0 aromatic heterocycles. The number of nitrogens with one attached hydrogen (secondary N) is 1. The molecule has 0 atom stereocenters. The largest absolute Gasteiger partial charge is 0.383 e. The number of carbonyl (C=O) groups is 1. The second-order valence-corrected chi connectivity index (χ2v) is 6.28. The molecule has 3 N–H and O–H groups in total. The summed E-state index contributed by atoms with van der Waals surface area (Å²) in [5, 5.41) is 3.31. The lowest BCUT2D eigenvalue weighted by Gasteiger charge is -2.06. The van der Waals surface area contributed by atoms with Gasteiger partial charge in [0.15, 0.2) is 0 Å². The van der Waals surface area contributed by atoms with E-state index < -0.39 is 5.82 Å². The monoisotopic (exact) mass is 393 g/mol. The topological polar surface area (TPSA) is 67.5 Å². The molecule has 1 amide bonds. The number of benzene rings is 3. The number of aliphatic imine (C=N–C) groups is 1. The molecule has 28 heavy (non-hydrogen) atoms. The van der Waals surface area contributed by atoms with Crippen LogP contribution in [-0.4, -0.2) is 11.7 Å². The number of amidine groups is 1. The van der Waals surface area contributed by atoms with Gasteiger partial charge >= 0.3 is 0 Å². The lowest BCUT2D eigenvalue weighted by molar-refractivity contribution is -0.111. The molecule has 3 aromatic rings. The lowest BCUT2D eigenvalue weighted by atomic mass is 10.1. The predicted molar refractivity (Wildman–Crippen MR) is 112 cm³/mol. The van der Waals surface area contributed by atoms with Gasteiger partial charge in [0.2, 0.25) is 5.91 Å². The number of nitrogens with two attached hydrogens (primary N) is 1. The summed E-state index contributed by atoms with van der Waals surface area (Å²) in [6.07, 6.45) is 3.03. The molecule has 0 spiro atoms. The Morgan fingerprint density at radius 1 is 1.04 bits per heavy atom. The van der Waals surface area contributed by atoms with E-state index in [-0.39, 0.29) is 17.4 Å². The summed E-state index contributed by atoms with van der Waals surface area (Å²) in [5.41, 5.74) is 7.99. The SMILES string of the molecule is NC(=Nc1ccccc1F)c1cccc(NC(=O)/C=C/c2ccccc2Cl)c1. The maximum atomic E-state index is 13.7. The van der Waals surface area contributed by atoms with Gasteiger partial charge in [0.05, 0.1) is 0 Å². The normalized spacial score (nSPS) is 11.6. The van der Waals surface area contributed by atoms with Gasteiger partial charge in [-0.15, -0.1) is 0 Å². The second-order valence-electron chi connectivity index (χ2n) is 5.87. The number of hydrogen-bond donors (Lipinski definition) is 2. The summed E-state index contributed by atoms with van der Waals surface area (Å²) in [6, 6.07) is 20.2. The minimum Gasteiger partial charge on any atom is -0.383 e. The first kappa shape index (κ1) is 19.3. The fourth-order valence-electron chi connectivity index (χ4n) is 2.45. The number of amides is 1. The number of halogens is 2. The number of hydrogen-bond acceptors (Lipinski definition) is 2. The van der Waals surface area contributed by atoms with Crippen molar-refractivity contribution in [1.29, 1.82) is 0 Å². The van der Waals surface area contributed by atoms with E-state index in [1.807, 2.05) is 18.2 Å². The maximum Gasteiger partial charge on any atom is 0.248 e. The fraction of sp³-hybridized carbons (Fsp3) is 0. The molecule has 0 aliphatic heterocycles. The quantitative estimate of drug-likeness (QED) is 0.357. The molecule has 0 saturated carbocycles. The van der Waals surface area contributed by atoms with Gasteiger partial charge in [-0.2, -0.15) is 0 Å². The molecule has 0 aliphatic rings. The van der Waals surface area contributed by atoms with E-state index in [0.717, 1.165) is 5.56 Å². The van der Waals surface area contributed by atoms with Crippen molar-refractivity contribution in [3.05, 3.63) is 101 Å². The standard InChI is InChI=1S/C22H17ClFN3O/c23-18-9-2-1-6-15(18)12-13-21(28)26-17-8-5-7-16(14-17)22(25)27-20-11-4-3-10-19(20)24/h1-14H,(H2,25,27)(H,26,28)/b13-12+. The van der Waals surface area contributed by atoms with Gasteiger partial charge in [-0.25, -0.2) is 9.38 Å². The highest BCUT2D eigenvalue weighted by Gasteiger charge is 2.05. The van der Waals surface area contributed by atoms with Gasteiger partial charge < -0.3 is 11.1 Å². The van der Waals surface area contributed by atoms with Crippen molar-refractivity contribution < 1.29 is 9.18 Å². The third-order valence-corrected chi connectivity index (χ3v) is 4.18. The van der Waals surface area contributed by atoms with Crippen LogP contribution < -0.4 is 11.1 Å². The zero-order chi connectivity index (χ0) is 19.9. The zero-order valence-corrected chi connectivity index (χ0v) is 15.5.